The Morgan fingerprint density at radius 3 is 2.42 bits per heavy atom. The molecule has 2 aliphatic rings. The molecule has 0 saturated carbocycles. The number of hydrogen-bond acceptors (Lipinski definition) is 5. The van der Waals surface area contributed by atoms with E-state index >= 15 is 0 Å². The number of carbonyl (C=O) groups is 2. The number of carbonyl (C=O) groups excluding carboxylic acids is 2. The molecule has 0 radical (unpaired) electrons. The van der Waals surface area contributed by atoms with Gasteiger partial charge in [0.25, 0.3) is 0 Å². The fourth-order valence-corrected chi connectivity index (χ4v) is 4.46. The first-order chi connectivity index (χ1) is 16.1. The quantitative estimate of drug-likeness (QED) is 0.638. The standard InChI is InChI=1S/C26H32N4O3/c1-33-22-11-9-21(10-12-22)24(29-16-5-6-17-29)19-27-25(31)13-14-26(32)30-18-15-23(28-30)20-7-3-2-4-8-20/h2-4,7-12,24H,5-6,13-19H2,1H3,(H,27,31). The van der Waals surface area contributed by atoms with Crippen LogP contribution in [0.3, 0.4) is 0 Å². The summed E-state index contributed by atoms with van der Waals surface area (Å²) in [5.74, 6) is 0.608. The van der Waals surface area contributed by atoms with Gasteiger partial charge in [0.15, 0.2) is 0 Å². The minimum atomic E-state index is -0.109. The van der Waals surface area contributed by atoms with E-state index in [1.54, 1.807) is 7.11 Å². The van der Waals surface area contributed by atoms with Gasteiger partial charge in [-0.05, 0) is 49.2 Å². The van der Waals surface area contributed by atoms with Gasteiger partial charge in [0.1, 0.15) is 5.75 Å². The van der Waals surface area contributed by atoms with Crippen molar-refractivity contribution in [3.05, 3.63) is 65.7 Å². The van der Waals surface area contributed by atoms with Crippen LogP contribution in [0, 0.1) is 0 Å². The highest BCUT2D eigenvalue weighted by Crippen LogP contribution is 2.26. The van der Waals surface area contributed by atoms with Crippen LogP contribution in [-0.4, -0.2) is 60.7 Å². The van der Waals surface area contributed by atoms with Crippen LogP contribution < -0.4 is 10.1 Å². The van der Waals surface area contributed by atoms with Gasteiger partial charge in [0, 0.05) is 25.8 Å². The molecule has 7 heteroatoms. The normalized spacial score (nSPS) is 17.0. The third kappa shape index (κ3) is 5.99. The molecule has 1 saturated heterocycles. The van der Waals surface area contributed by atoms with E-state index in [0.29, 0.717) is 13.1 Å². The van der Waals surface area contributed by atoms with Crippen molar-refractivity contribution in [2.24, 2.45) is 5.10 Å². The lowest BCUT2D eigenvalue weighted by molar-refractivity contribution is -0.133. The van der Waals surface area contributed by atoms with Crippen molar-refractivity contribution < 1.29 is 14.3 Å². The molecule has 1 unspecified atom stereocenters. The van der Waals surface area contributed by atoms with Crippen LogP contribution in [-0.2, 0) is 9.59 Å². The first-order valence-corrected chi connectivity index (χ1v) is 11.7. The molecular formula is C26H32N4O3. The number of ether oxygens (including phenoxy) is 1. The van der Waals surface area contributed by atoms with Crippen LogP contribution in [0.2, 0.25) is 0 Å². The minimum absolute atomic E-state index is 0.104. The van der Waals surface area contributed by atoms with Crippen LogP contribution in [0.15, 0.2) is 59.7 Å². The van der Waals surface area contributed by atoms with Crippen molar-refractivity contribution in [2.45, 2.75) is 38.1 Å². The first kappa shape index (κ1) is 23.0. The Labute approximate surface area is 195 Å². The number of nitrogens with one attached hydrogen (secondary N) is 1. The summed E-state index contributed by atoms with van der Waals surface area (Å²) in [6.07, 6.45) is 3.42. The monoisotopic (exact) mass is 448 g/mol. The van der Waals surface area contributed by atoms with E-state index in [1.807, 2.05) is 42.5 Å². The lowest BCUT2D eigenvalue weighted by Gasteiger charge is -2.28. The van der Waals surface area contributed by atoms with Crippen LogP contribution in [0.25, 0.3) is 0 Å². The van der Waals surface area contributed by atoms with Crippen LogP contribution >= 0.6 is 0 Å². The SMILES string of the molecule is COc1ccc(C(CNC(=O)CCC(=O)N2CCC(c3ccccc3)=N2)N2CCCC2)cc1. The topological polar surface area (TPSA) is 74.2 Å². The summed E-state index contributed by atoms with van der Waals surface area (Å²) < 4.78 is 5.27. The summed E-state index contributed by atoms with van der Waals surface area (Å²) in [5.41, 5.74) is 3.12. The van der Waals surface area contributed by atoms with E-state index < -0.39 is 0 Å². The second-order valence-corrected chi connectivity index (χ2v) is 8.52. The van der Waals surface area contributed by atoms with Gasteiger partial charge in [-0.3, -0.25) is 14.5 Å². The number of benzene rings is 2. The summed E-state index contributed by atoms with van der Waals surface area (Å²) in [7, 11) is 1.66. The van der Waals surface area contributed by atoms with Gasteiger partial charge in [0.05, 0.1) is 25.4 Å². The Hall–Kier alpha value is -3.19. The first-order valence-electron chi connectivity index (χ1n) is 11.7. The van der Waals surface area contributed by atoms with E-state index in [2.05, 4.69) is 27.5 Å². The Balaban J connectivity index is 1.28. The molecule has 0 aliphatic carbocycles. The number of nitrogens with zero attached hydrogens (tertiary/aromatic N) is 3. The lowest BCUT2D eigenvalue weighted by atomic mass is 10.0. The molecule has 1 fully saturated rings. The predicted octanol–water partition coefficient (Wildman–Crippen LogP) is 3.37. The molecule has 1 atom stereocenters. The number of hydrogen-bond donors (Lipinski definition) is 1. The summed E-state index contributed by atoms with van der Waals surface area (Å²) in [4.78, 5) is 27.5. The molecule has 0 aromatic heterocycles. The predicted molar refractivity (Wildman–Crippen MR) is 128 cm³/mol. The molecule has 0 bridgehead atoms. The number of methoxy groups -OCH3 is 1. The van der Waals surface area contributed by atoms with E-state index in [4.69, 9.17) is 4.74 Å². The van der Waals surface area contributed by atoms with Gasteiger partial charge in [-0.15, -0.1) is 0 Å². The molecule has 33 heavy (non-hydrogen) atoms. The van der Waals surface area contributed by atoms with Gasteiger partial charge in [-0.25, -0.2) is 5.01 Å². The summed E-state index contributed by atoms with van der Waals surface area (Å²) in [5, 5.41) is 9.02. The van der Waals surface area contributed by atoms with Crippen molar-refractivity contribution in [1.82, 2.24) is 15.2 Å². The van der Waals surface area contributed by atoms with Crippen molar-refractivity contribution in [3.63, 3.8) is 0 Å². The molecule has 7 nitrogen and oxygen atoms in total. The maximum absolute atomic E-state index is 12.6. The molecule has 0 spiro atoms. The third-order valence-electron chi connectivity index (χ3n) is 6.34. The molecule has 2 heterocycles. The fraction of sp³-hybridized carbons (Fsp3) is 0.423. The number of likely N-dealkylation sites (tertiary alicyclic amines) is 1. The zero-order valence-electron chi connectivity index (χ0n) is 19.2. The average molecular weight is 449 g/mol. The highest BCUT2D eigenvalue weighted by Gasteiger charge is 2.25. The highest BCUT2D eigenvalue weighted by molar-refractivity contribution is 6.02. The van der Waals surface area contributed by atoms with Gasteiger partial charge >= 0.3 is 0 Å². The van der Waals surface area contributed by atoms with E-state index in [9.17, 15) is 9.59 Å². The van der Waals surface area contributed by atoms with E-state index in [0.717, 1.165) is 42.1 Å². The molecule has 2 aliphatic heterocycles. The van der Waals surface area contributed by atoms with Crippen LogP contribution in [0.4, 0.5) is 0 Å². The van der Waals surface area contributed by atoms with E-state index in [-0.39, 0.29) is 30.7 Å². The smallest absolute Gasteiger partial charge is 0.243 e. The maximum Gasteiger partial charge on any atom is 0.243 e. The number of hydrazone groups is 1. The lowest BCUT2D eigenvalue weighted by Crippen LogP contribution is -2.37. The summed E-state index contributed by atoms with van der Waals surface area (Å²) in [6, 6.07) is 18.1. The molecule has 2 amide bonds. The maximum atomic E-state index is 12.6. The molecule has 1 N–H and O–H groups in total. The highest BCUT2D eigenvalue weighted by atomic mass is 16.5. The van der Waals surface area contributed by atoms with Crippen molar-refractivity contribution in [2.75, 3.05) is 33.3 Å². The van der Waals surface area contributed by atoms with Crippen molar-refractivity contribution in [3.8, 4) is 5.75 Å². The van der Waals surface area contributed by atoms with Gasteiger partial charge in [-0.2, -0.15) is 5.10 Å². The largest absolute Gasteiger partial charge is 0.497 e. The fourth-order valence-electron chi connectivity index (χ4n) is 4.46. The number of rotatable bonds is 9. The Morgan fingerprint density at radius 1 is 1.00 bits per heavy atom. The Morgan fingerprint density at radius 2 is 1.73 bits per heavy atom. The second kappa shape index (κ2) is 11.1. The third-order valence-corrected chi connectivity index (χ3v) is 6.34. The molecule has 2 aromatic carbocycles. The van der Waals surface area contributed by atoms with Crippen molar-refractivity contribution >= 4 is 17.5 Å². The Kier molecular flexibility index (Phi) is 7.73. The van der Waals surface area contributed by atoms with Gasteiger partial charge < -0.3 is 10.1 Å². The zero-order valence-corrected chi connectivity index (χ0v) is 19.2. The molecule has 4 rings (SSSR count). The molecule has 174 valence electrons. The van der Waals surface area contributed by atoms with Gasteiger partial charge in [-0.1, -0.05) is 42.5 Å². The summed E-state index contributed by atoms with van der Waals surface area (Å²) in [6.45, 7) is 3.15. The van der Waals surface area contributed by atoms with Crippen molar-refractivity contribution in [1.29, 1.82) is 0 Å². The average Bonchev–Trinajstić information content (AvgIpc) is 3.57. The minimum Gasteiger partial charge on any atom is -0.497 e. The number of amides is 2. The summed E-state index contributed by atoms with van der Waals surface area (Å²) >= 11 is 0. The zero-order chi connectivity index (χ0) is 23.0. The van der Waals surface area contributed by atoms with Gasteiger partial charge in [0.2, 0.25) is 11.8 Å². The van der Waals surface area contributed by atoms with Crippen LogP contribution in [0.5, 0.6) is 5.75 Å². The van der Waals surface area contributed by atoms with E-state index in [1.165, 1.54) is 17.9 Å². The molecule has 2 aromatic rings. The molecular weight excluding hydrogens is 416 g/mol. The second-order valence-electron chi connectivity index (χ2n) is 8.52. The Bertz CT molecular complexity index is 969. The van der Waals surface area contributed by atoms with Crippen LogP contribution in [0.1, 0.15) is 49.3 Å².